The molecule has 344 valence electrons. The Morgan fingerprint density at radius 1 is 0.426 bits per heavy atom. The van der Waals surface area contributed by atoms with Gasteiger partial charge >= 0.3 is 46.6 Å². The summed E-state index contributed by atoms with van der Waals surface area (Å²) in [5, 5.41) is -15.6. The second-order valence-corrected chi connectivity index (χ2v) is 20.7. The lowest BCUT2D eigenvalue weighted by Gasteiger charge is -2.37. The SMILES string of the molecule is CC(C)c1c(S(=O)(=O)C(F)(F)C(F)(F)C(F)(F)C(F)(F)F)c(C(C)C)c([S+](=N)(c2ccccc2)c2ccccc2)c(C(C)C)c1S(=O)(=O)C(F)(F)C(F)(F)C(F)(F)C(F)(F)F. The predicted octanol–water partition coefficient (Wildman–Crippen LogP) is 12.8. The van der Waals surface area contributed by atoms with Gasteiger partial charge in [0.15, 0.2) is 4.90 Å². The van der Waals surface area contributed by atoms with Gasteiger partial charge in [0.25, 0.3) is 19.7 Å². The molecule has 1 N–H and O–H groups in total. The molecule has 0 fully saturated rings. The normalized spacial score (nSPS) is 15.0. The summed E-state index contributed by atoms with van der Waals surface area (Å²) >= 11 is 0. The van der Waals surface area contributed by atoms with Crippen LogP contribution in [0.4, 0.5) is 79.0 Å². The first-order valence-corrected chi connectivity index (χ1v) is 21.5. The van der Waals surface area contributed by atoms with Crippen molar-refractivity contribution in [1.82, 2.24) is 0 Å². The summed E-state index contributed by atoms with van der Waals surface area (Å²) in [6, 6.07) is 10.8. The smallest absolute Gasteiger partial charge is 0.217 e. The van der Waals surface area contributed by atoms with Crippen molar-refractivity contribution in [2.24, 2.45) is 0 Å². The van der Waals surface area contributed by atoms with Crippen LogP contribution in [-0.4, -0.2) is 63.4 Å². The molecule has 3 aromatic carbocycles. The van der Waals surface area contributed by atoms with Gasteiger partial charge in [-0.05, 0) is 47.6 Å². The molecule has 3 aromatic rings. The average Bonchev–Trinajstić information content (AvgIpc) is 3.12. The third-order valence-electron chi connectivity index (χ3n) is 9.14. The van der Waals surface area contributed by atoms with E-state index in [9.17, 15) is 65.5 Å². The maximum atomic E-state index is 16.1. The molecular formula is C35H32F18NO4S3+. The van der Waals surface area contributed by atoms with E-state index in [0.717, 1.165) is 76.2 Å². The fourth-order valence-electron chi connectivity index (χ4n) is 6.16. The summed E-state index contributed by atoms with van der Waals surface area (Å²) in [4.78, 5) is -8.07. The van der Waals surface area contributed by atoms with Gasteiger partial charge in [-0.15, -0.1) is 4.78 Å². The van der Waals surface area contributed by atoms with Crippen molar-refractivity contribution in [2.75, 3.05) is 0 Å². The van der Waals surface area contributed by atoms with Crippen LogP contribution < -0.4 is 0 Å². The Morgan fingerprint density at radius 3 is 0.885 bits per heavy atom. The van der Waals surface area contributed by atoms with Crippen LogP contribution in [0.15, 0.2) is 85.1 Å². The van der Waals surface area contributed by atoms with Gasteiger partial charge in [-0.3, -0.25) is 0 Å². The van der Waals surface area contributed by atoms with Crippen LogP contribution in [-0.2, 0) is 29.5 Å². The lowest BCUT2D eigenvalue weighted by molar-refractivity contribution is -0.382. The third-order valence-corrected chi connectivity index (χ3v) is 16.0. The molecule has 0 saturated heterocycles. The highest BCUT2D eigenvalue weighted by Gasteiger charge is 2.87. The van der Waals surface area contributed by atoms with Gasteiger partial charge < -0.3 is 0 Å². The van der Waals surface area contributed by atoms with E-state index < -0.39 is 135 Å². The van der Waals surface area contributed by atoms with E-state index in [2.05, 4.69) is 0 Å². The van der Waals surface area contributed by atoms with Crippen molar-refractivity contribution in [3.05, 3.63) is 77.4 Å². The van der Waals surface area contributed by atoms with Gasteiger partial charge in [0.1, 0.15) is 9.79 Å². The van der Waals surface area contributed by atoms with Crippen molar-refractivity contribution < 1.29 is 95.9 Å². The monoisotopic (exact) mass is 968 g/mol. The molecule has 61 heavy (non-hydrogen) atoms. The largest absolute Gasteiger partial charge is 0.460 e. The fourth-order valence-corrected chi connectivity index (χ4v) is 13.5. The molecule has 0 aliphatic carbocycles. The molecule has 0 bridgehead atoms. The van der Waals surface area contributed by atoms with E-state index >= 15 is 35.1 Å². The number of rotatable bonds is 14. The molecule has 0 aliphatic rings. The minimum atomic E-state index is -8.25. The Morgan fingerprint density at radius 2 is 0.672 bits per heavy atom. The minimum Gasteiger partial charge on any atom is -0.217 e. The van der Waals surface area contributed by atoms with Crippen molar-refractivity contribution in [1.29, 1.82) is 4.78 Å². The predicted molar refractivity (Wildman–Crippen MR) is 183 cm³/mol. The van der Waals surface area contributed by atoms with Crippen LogP contribution in [0.5, 0.6) is 0 Å². The lowest BCUT2D eigenvalue weighted by Crippen LogP contribution is -2.63. The third kappa shape index (κ3) is 7.39. The van der Waals surface area contributed by atoms with Crippen LogP contribution >= 0.6 is 0 Å². The Kier molecular flexibility index (Phi) is 13.3. The molecule has 3 rings (SSSR count). The lowest BCUT2D eigenvalue weighted by atomic mass is 9.89. The number of benzene rings is 3. The van der Waals surface area contributed by atoms with E-state index in [-0.39, 0.29) is 0 Å². The second kappa shape index (κ2) is 15.6. The maximum Gasteiger partial charge on any atom is 0.460 e. The Labute approximate surface area is 337 Å². The second-order valence-electron chi connectivity index (χ2n) is 14.3. The zero-order valence-corrected chi connectivity index (χ0v) is 34.1. The molecular weight excluding hydrogens is 937 g/mol. The Bertz CT molecular complexity index is 2240. The number of halogens is 18. The number of nitrogens with one attached hydrogen (secondary N) is 1. The zero-order valence-electron chi connectivity index (χ0n) is 31.7. The number of alkyl halides is 18. The summed E-state index contributed by atoms with van der Waals surface area (Å²) < 4.78 is 329. The summed E-state index contributed by atoms with van der Waals surface area (Å²) in [6.07, 6.45) is -15.4. The highest BCUT2D eigenvalue weighted by Crippen LogP contribution is 2.62. The van der Waals surface area contributed by atoms with Crippen molar-refractivity contribution in [3.8, 4) is 0 Å². The quantitative estimate of drug-likeness (QED) is 0.129. The molecule has 0 spiro atoms. The molecule has 26 heteroatoms. The van der Waals surface area contributed by atoms with E-state index in [1.165, 1.54) is 12.1 Å². The zero-order chi connectivity index (χ0) is 47.9. The molecule has 0 amide bonds. The van der Waals surface area contributed by atoms with Gasteiger partial charge in [0.05, 0.1) is 19.6 Å². The molecule has 0 aromatic heterocycles. The molecule has 0 unspecified atom stereocenters. The van der Waals surface area contributed by atoms with Crippen LogP contribution in [0, 0.1) is 4.78 Å². The van der Waals surface area contributed by atoms with E-state index in [1.54, 1.807) is 0 Å². The van der Waals surface area contributed by atoms with Crippen molar-refractivity contribution in [2.45, 2.75) is 130 Å². The molecule has 5 nitrogen and oxygen atoms in total. The first-order chi connectivity index (χ1) is 27.0. The summed E-state index contributed by atoms with van der Waals surface area (Å²) in [7, 11) is -21.1. The van der Waals surface area contributed by atoms with E-state index in [1.807, 2.05) is 0 Å². The van der Waals surface area contributed by atoms with Crippen LogP contribution in [0.2, 0.25) is 0 Å². The summed E-state index contributed by atoms with van der Waals surface area (Å²) in [5.41, 5.74) is -5.40. The van der Waals surface area contributed by atoms with Crippen LogP contribution in [0.25, 0.3) is 0 Å². The van der Waals surface area contributed by atoms with Crippen LogP contribution in [0.1, 0.15) is 76.0 Å². The fraction of sp³-hybridized carbons (Fsp3) is 0.486. The highest BCUT2D eigenvalue weighted by atomic mass is 32.2. The maximum absolute atomic E-state index is 16.1. The van der Waals surface area contributed by atoms with Crippen molar-refractivity contribution >= 4 is 29.5 Å². The van der Waals surface area contributed by atoms with Gasteiger partial charge in [0.2, 0.25) is 0 Å². The first kappa shape index (κ1) is 51.8. The molecule has 0 atom stereocenters. The Balaban J connectivity index is 3.09. The van der Waals surface area contributed by atoms with Gasteiger partial charge in [-0.25, -0.2) is 16.8 Å². The summed E-state index contributed by atoms with van der Waals surface area (Å²) in [6.45, 7) is 3.93. The minimum absolute atomic E-state index is 0.428. The standard InChI is InChI=1S/C35H32F18NO4S3/c1-17(2)22-25(59(54,20-13-9-7-10-14-20)21-15-11-8-12-16-21)23(18(3)4)27(61(57,58)35(52,53)31(42,43)29(38,39)33(47,48)49)24(19(5)6)26(22)60(55,56)34(50,51)30(40,41)28(36,37)32(44,45)46/h7-19,54H,1-6H3/q+1. The van der Waals surface area contributed by atoms with E-state index in [0.29, 0.717) is 13.8 Å². The average molecular weight is 969 g/mol. The van der Waals surface area contributed by atoms with Crippen molar-refractivity contribution in [3.63, 3.8) is 0 Å². The molecule has 0 heterocycles. The number of hydrogen-bond acceptors (Lipinski definition) is 5. The summed E-state index contributed by atoms with van der Waals surface area (Å²) in [5.74, 6) is -38.7. The topological polar surface area (TPSA) is 92.1 Å². The molecule has 0 radical (unpaired) electrons. The van der Waals surface area contributed by atoms with Gasteiger partial charge in [-0.2, -0.15) is 79.0 Å². The van der Waals surface area contributed by atoms with Crippen LogP contribution in [0.3, 0.4) is 0 Å². The number of hydrogen-bond donors (Lipinski definition) is 1. The highest BCUT2D eigenvalue weighted by molar-refractivity contribution is 8.04. The molecule has 0 aliphatic heterocycles. The molecule has 0 saturated carbocycles. The number of sulfone groups is 2. The van der Waals surface area contributed by atoms with E-state index in [4.69, 9.17) is 0 Å². The van der Waals surface area contributed by atoms with Gasteiger partial charge in [-0.1, -0.05) is 77.9 Å². The Hall–Kier alpha value is -3.55. The first-order valence-electron chi connectivity index (χ1n) is 16.9. The van der Waals surface area contributed by atoms with Gasteiger partial charge in [0, 0.05) is 11.1 Å².